The van der Waals surface area contributed by atoms with Crippen molar-refractivity contribution < 1.29 is 0 Å². The second-order valence-corrected chi connectivity index (χ2v) is 5.22. The quantitative estimate of drug-likeness (QED) is 0.897. The molecule has 1 heterocycles. The summed E-state index contributed by atoms with van der Waals surface area (Å²) in [6, 6.07) is 3.93. The molecule has 2 aromatic rings. The minimum absolute atomic E-state index is 0.723. The number of hydrogen-bond acceptors (Lipinski definition) is 2. The lowest BCUT2D eigenvalue weighted by molar-refractivity contribution is 1.04. The first-order chi connectivity index (χ1) is 8.08. The number of benzene rings is 1. The minimum Gasteiger partial charge on any atom is -0.380 e. The molecule has 0 aliphatic heterocycles. The highest BCUT2D eigenvalue weighted by molar-refractivity contribution is 9.10. The van der Waals surface area contributed by atoms with E-state index < -0.39 is 0 Å². The lowest BCUT2D eigenvalue weighted by Gasteiger charge is -2.10. The fourth-order valence-electron chi connectivity index (χ4n) is 1.53. The Morgan fingerprint density at radius 1 is 1.41 bits per heavy atom. The number of nitrogens with one attached hydrogen (secondary N) is 2. The van der Waals surface area contributed by atoms with Gasteiger partial charge in [-0.05, 0) is 47.5 Å². The van der Waals surface area contributed by atoms with Gasteiger partial charge >= 0.3 is 0 Å². The Balaban J connectivity index is 2.14. The van der Waals surface area contributed by atoms with Crippen molar-refractivity contribution >= 4 is 33.2 Å². The molecule has 2 rings (SSSR count). The molecule has 0 spiro atoms. The number of rotatable bonds is 3. The first-order valence-corrected chi connectivity index (χ1v) is 6.43. The zero-order chi connectivity index (χ0) is 12.4. The van der Waals surface area contributed by atoms with Crippen LogP contribution in [-0.2, 0) is 6.54 Å². The van der Waals surface area contributed by atoms with Gasteiger partial charge in [-0.3, -0.25) is 5.10 Å². The number of anilines is 1. The van der Waals surface area contributed by atoms with E-state index in [1.54, 1.807) is 0 Å². The zero-order valence-electron chi connectivity index (χ0n) is 9.64. The van der Waals surface area contributed by atoms with Crippen LogP contribution in [-0.4, -0.2) is 10.2 Å². The predicted molar refractivity (Wildman–Crippen MR) is 74.5 cm³/mol. The Labute approximate surface area is 114 Å². The molecule has 0 aliphatic carbocycles. The summed E-state index contributed by atoms with van der Waals surface area (Å²) in [5.41, 5.74) is 4.27. The largest absolute Gasteiger partial charge is 0.380 e. The second-order valence-electron chi connectivity index (χ2n) is 3.96. The smallest absolute Gasteiger partial charge is 0.0539 e. The first kappa shape index (κ1) is 12.5. The van der Waals surface area contributed by atoms with E-state index in [0.29, 0.717) is 0 Å². The molecule has 3 nitrogen and oxygen atoms in total. The van der Waals surface area contributed by atoms with Crippen LogP contribution in [0.5, 0.6) is 0 Å². The topological polar surface area (TPSA) is 40.7 Å². The first-order valence-electron chi connectivity index (χ1n) is 5.26. The Hall–Kier alpha value is -1.000. The Kier molecular flexibility index (Phi) is 3.74. The maximum Gasteiger partial charge on any atom is 0.0539 e. The molecule has 1 aromatic heterocycles. The van der Waals surface area contributed by atoms with E-state index in [4.69, 9.17) is 11.6 Å². The summed E-state index contributed by atoms with van der Waals surface area (Å²) in [6.07, 6.45) is 1.83. The van der Waals surface area contributed by atoms with E-state index in [2.05, 4.69) is 31.4 Å². The van der Waals surface area contributed by atoms with Crippen molar-refractivity contribution in [1.82, 2.24) is 10.2 Å². The van der Waals surface area contributed by atoms with Crippen molar-refractivity contribution in [2.24, 2.45) is 0 Å². The molecular weight excluding hydrogens is 302 g/mol. The molecule has 0 saturated carbocycles. The molecule has 0 bridgehead atoms. The molecule has 0 aliphatic rings. The Morgan fingerprint density at radius 2 is 2.18 bits per heavy atom. The number of nitrogens with zero attached hydrogens (tertiary/aromatic N) is 1. The summed E-state index contributed by atoms with van der Waals surface area (Å²) >= 11 is 9.62. The summed E-state index contributed by atoms with van der Waals surface area (Å²) in [4.78, 5) is 0. The van der Waals surface area contributed by atoms with Gasteiger partial charge in [0, 0.05) is 27.3 Å². The van der Waals surface area contributed by atoms with Crippen molar-refractivity contribution in [3.05, 3.63) is 44.6 Å². The van der Waals surface area contributed by atoms with Gasteiger partial charge in [-0.15, -0.1) is 0 Å². The van der Waals surface area contributed by atoms with Crippen LogP contribution < -0.4 is 5.32 Å². The van der Waals surface area contributed by atoms with E-state index in [1.165, 1.54) is 0 Å². The van der Waals surface area contributed by atoms with Crippen molar-refractivity contribution in [2.45, 2.75) is 20.4 Å². The average Bonchev–Trinajstić information content (AvgIpc) is 2.68. The third-order valence-electron chi connectivity index (χ3n) is 2.65. The van der Waals surface area contributed by atoms with E-state index in [0.717, 1.165) is 38.5 Å². The van der Waals surface area contributed by atoms with Gasteiger partial charge in [0.05, 0.1) is 11.9 Å². The molecule has 0 radical (unpaired) electrons. The lowest BCUT2D eigenvalue weighted by atomic mass is 10.2. The van der Waals surface area contributed by atoms with Gasteiger partial charge < -0.3 is 5.32 Å². The van der Waals surface area contributed by atoms with Crippen LogP contribution in [0.2, 0.25) is 5.02 Å². The van der Waals surface area contributed by atoms with Crippen molar-refractivity contribution in [2.75, 3.05) is 5.32 Å². The number of aromatic amines is 1. The van der Waals surface area contributed by atoms with E-state index in [-0.39, 0.29) is 0 Å². The minimum atomic E-state index is 0.723. The Bertz CT molecular complexity index is 537. The van der Waals surface area contributed by atoms with Crippen LogP contribution in [0, 0.1) is 13.8 Å². The van der Waals surface area contributed by atoms with Crippen LogP contribution in [0.3, 0.4) is 0 Å². The third kappa shape index (κ3) is 2.82. The maximum atomic E-state index is 6.10. The van der Waals surface area contributed by atoms with Crippen LogP contribution in [0.1, 0.15) is 16.8 Å². The van der Waals surface area contributed by atoms with Crippen LogP contribution in [0.4, 0.5) is 5.69 Å². The van der Waals surface area contributed by atoms with Crippen LogP contribution in [0.15, 0.2) is 22.8 Å². The Morgan fingerprint density at radius 3 is 2.82 bits per heavy atom. The fourth-order valence-corrected chi connectivity index (χ4v) is 2.29. The fraction of sp³-hybridized carbons (Fsp3) is 0.250. The number of aromatic nitrogens is 2. The van der Waals surface area contributed by atoms with Crippen LogP contribution in [0.25, 0.3) is 0 Å². The number of halogens is 2. The summed E-state index contributed by atoms with van der Waals surface area (Å²) in [5, 5.41) is 11.0. The van der Waals surface area contributed by atoms with Crippen molar-refractivity contribution in [3.63, 3.8) is 0 Å². The van der Waals surface area contributed by atoms with E-state index in [9.17, 15) is 0 Å². The third-order valence-corrected chi connectivity index (χ3v) is 3.72. The van der Waals surface area contributed by atoms with Gasteiger partial charge in [-0.1, -0.05) is 11.6 Å². The van der Waals surface area contributed by atoms with E-state index in [1.807, 2.05) is 32.2 Å². The maximum absolute atomic E-state index is 6.10. The highest BCUT2D eigenvalue weighted by Gasteiger charge is 2.05. The molecule has 2 N–H and O–H groups in total. The van der Waals surface area contributed by atoms with Crippen LogP contribution >= 0.6 is 27.5 Å². The molecule has 1 aromatic carbocycles. The van der Waals surface area contributed by atoms with Gasteiger partial charge in [0.15, 0.2) is 0 Å². The predicted octanol–water partition coefficient (Wildman–Crippen LogP) is 4.05. The molecule has 0 atom stereocenters. The highest BCUT2D eigenvalue weighted by Crippen LogP contribution is 2.29. The SMILES string of the molecule is Cc1cc(Br)c(NCc2cn[nH]c2C)cc1Cl. The summed E-state index contributed by atoms with van der Waals surface area (Å²) in [6.45, 7) is 4.71. The molecule has 0 fully saturated rings. The molecule has 17 heavy (non-hydrogen) atoms. The molecule has 0 unspecified atom stereocenters. The normalized spacial score (nSPS) is 10.6. The standard InChI is InChI=1S/C12H13BrClN3/c1-7-3-10(13)12(4-11(7)14)15-5-9-6-16-17-8(9)2/h3-4,6,15H,5H2,1-2H3,(H,16,17). The summed E-state index contributed by atoms with van der Waals surface area (Å²) in [7, 11) is 0. The summed E-state index contributed by atoms with van der Waals surface area (Å²) in [5.74, 6) is 0. The summed E-state index contributed by atoms with van der Waals surface area (Å²) < 4.78 is 1.01. The number of H-pyrrole nitrogens is 1. The van der Waals surface area contributed by atoms with E-state index >= 15 is 0 Å². The second kappa shape index (κ2) is 5.10. The van der Waals surface area contributed by atoms with Gasteiger partial charge in [-0.25, -0.2) is 0 Å². The number of aryl methyl sites for hydroxylation is 2. The number of hydrogen-bond donors (Lipinski definition) is 2. The van der Waals surface area contributed by atoms with Gasteiger partial charge in [0.2, 0.25) is 0 Å². The molecule has 0 amide bonds. The molecule has 0 saturated heterocycles. The van der Waals surface area contributed by atoms with Gasteiger partial charge in [-0.2, -0.15) is 5.10 Å². The monoisotopic (exact) mass is 313 g/mol. The molecular formula is C12H13BrClN3. The average molecular weight is 315 g/mol. The lowest BCUT2D eigenvalue weighted by Crippen LogP contribution is -2.01. The highest BCUT2D eigenvalue weighted by atomic mass is 79.9. The van der Waals surface area contributed by atoms with Gasteiger partial charge in [0.1, 0.15) is 0 Å². The van der Waals surface area contributed by atoms with Gasteiger partial charge in [0.25, 0.3) is 0 Å². The van der Waals surface area contributed by atoms with Crippen molar-refractivity contribution in [1.29, 1.82) is 0 Å². The molecule has 5 heteroatoms. The molecule has 90 valence electrons. The zero-order valence-corrected chi connectivity index (χ0v) is 12.0. The van der Waals surface area contributed by atoms with Crippen molar-refractivity contribution in [3.8, 4) is 0 Å².